The van der Waals surface area contributed by atoms with Crippen LogP contribution in [0.2, 0.25) is 5.15 Å². The fourth-order valence-electron chi connectivity index (χ4n) is 2.94. The number of morpholine rings is 1. The minimum absolute atomic E-state index is 0.474. The number of aromatic nitrogens is 4. The molecule has 0 atom stereocenters. The van der Waals surface area contributed by atoms with Crippen molar-refractivity contribution in [2.24, 2.45) is 0 Å². The first kappa shape index (κ1) is 14.4. The first-order chi connectivity index (χ1) is 11.2. The molecule has 3 aromatic heterocycles. The SMILES string of the molecule is Cc1nc2c(N3CCOCC3)ccnn2c1-c1ccc(Cl)nc1. The highest BCUT2D eigenvalue weighted by Crippen LogP contribution is 2.29. The van der Waals surface area contributed by atoms with Crippen molar-refractivity contribution in [3.05, 3.63) is 41.4 Å². The molecule has 0 N–H and O–H groups in total. The molecule has 1 saturated heterocycles. The molecule has 0 radical (unpaired) electrons. The highest BCUT2D eigenvalue weighted by molar-refractivity contribution is 6.29. The molecule has 6 nitrogen and oxygen atoms in total. The molecule has 0 spiro atoms. The number of nitrogens with zero attached hydrogens (tertiary/aromatic N) is 5. The van der Waals surface area contributed by atoms with Gasteiger partial charge in [-0.25, -0.2) is 14.5 Å². The van der Waals surface area contributed by atoms with Crippen LogP contribution >= 0.6 is 11.6 Å². The summed E-state index contributed by atoms with van der Waals surface area (Å²) in [5.41, 5.74) is 4.75. The molecular weight excluding hydrogens is 314 g/mol. The van der Waals surface area contributed by atoms with Gasteiger partial charge in [0.15, 0.2) is 5.65 Å². The summed E-state index contributed by atoms with van der Waals surface area (Å²) in [4.78, 5) is 11.2. The lowest BCUT2D eigenvalue weighted by atomic mass is 10.2. The van der Waals surface area contributed by atoms with Crippen LogP contribution in [0.1, 0.15) is 5.69 Å². The summed E-state index contributed by atoms with van der Waals surface area (Å²) in [6, 6.07) is 5.73. The monoisotopic (exact) mass is 329 g/mol. The van der Waals surface area contributed by atoms with Crippen molar-refractivity contribution in [1.82, 2.24) is 19.6 Å². The second-order valence-corrected chi connectivity index (χ2v) is 5.85. The Bertz CT molecular complexity index is 840. The summed E-state index contributed by atoms with van der Waals surface area (Å²) in [5, 5.41) is 4.97. The lowest BCUT2D eigenvalue weighted by Gasteiger charge is -2.28. The summed E-state index contributed by atoms with van der Waals surface area (Å²) in [6.45, 7) is 5.19. The van der Waals surface area contributed by atoms with E-state index in [9.17, 15) is 0 Å². The molecule has 1 aliphatic heterocycles. The van der Waals surface area contributed by atoms with E-state index in [0.29, 0.717) is 5.15 Å². The van der Waals surface area contributed by atoms with Gasteiger partial charge >= 0.3 is 0 Å². The minimum Gasteiger partial charge on any atom is -0.378 e. The van der Waals surface area contributed by atoms with E-state index in [2.05, 4.69) is 15.0 Å². The predicted octanol–water partition coefficient (Wildman–Crippen LogP) is 2.59. The van der Waals surface area contributed by atoms with Crippen LogP contribution < -0.4 is 4.90 Å². The molecular formula is C16H16ClN5O. The van der Waals surface area contributed by atoms with Crippen molar-refractivity contribution in [2.45, 2.75) is 6.92 Å². The van der Waals surface area contributed by atoms with Gasteiger partial charge in [0.2, 0.25) is 0 Å². The van der Waals surface area contributed by atoms with E-state index in [1.54, 1.807) is 12.3 Å². The summed E-state index contributed by atoms with van der Waals surface area (Å²) in [7, 11) is 0. The topological polar surface area (TPSA) is 55.5 Å². The van der Waals surface area contributed by atoms with Gasteiger partial charge in [0.25, 0.3) is 0 Å². The molecule has 0 amide bonds. The third-order valence-electron chi connectivity index (χ3n) is 4.02. The average Bonchev–Trinajstić information content (AvgIpc) is 2.92. The van der Waals surface area contributed by atoms with Gasteiger partial charge in [-0.1, -0.05) is 11.6 Å². The zero-order chi connectivity index (χ0) is 15.8. The van der Waals surface area contributed by atoms with Crippen LogP contribution in [-0.2, 0) is 4.74 Å². The van der Waals surface area contributed by atoms with E-state index in [0.717, 1.165) is 54.6 Å². The standard InChI is InChI=1S/C16H16ClN5O/c1-11-15(12-2-3-14(17)18-10-12)22-16(20-11)13(4-5-19-22)21-6-8-23-9-7-21/h2-5,10H,6-9H2,1H3. The van der Waals surface area contributed by atoms with Crippen molar-refractivity contribution in [2.75, 3.05) is 31.2 Å². The highest BCUT2D eigenvalue weighted by Gasteiger charge is 2.19. The normalized spacial score (nSPS) is 15.3. The van der Waals surface area contributed by atoms with E-state index in [1.807, 2.05) is 29.8 Å². The van der Waals surface area contributed by atoms with Gasteiger partial charge in [0.1, 0.15) is 5.15 Å². The Morgan fingerprint density at radius 1 is 1.17 bits per heavy atom. The molecule has 0 saturated carbocycles. The number of hydrogen-bond acceptors (Lipinski definition) is 5. The van der Waals surface area contributed by atoms with Crippen molar-refractivity contribution in [1.29, 1.82) is 0 Å². The number of ether oxygens (including phenoxy) is 1. The molecule has 4 heterocycles. The summed E-state index contributed by atoms with van der Waals surface area (Å²) in [5.74, 6) is 0. The maximum Gasteiger partial charge on any atom is 0.178 e. The number of aryl methyl sites for hydroxylation is 1. The van der Waals surface area contributed by atoms with Crippen molar-refractivity contribution >= 4 is 22.9 Å². The largest absolute Gasteiger partial charge is 0.378 e. The van der Waals surface area contributed by atoms with Gasteiger partial charge in [-0.05, 0) is 25.1 Å². The fourth-order valence-corrected chi connectivity index (χ4v) is 3.05. The number of rotatable bonds is 2. The van der Waals surface area contributed by atoms with Crippen molar-refractivity contribution in [3.63, 3.8) is 0 Å². The molecule has 7 heteroatoms. The number of fused-ring (bicyclic) bond motifs is 1. The Morgan fingerprint density at radius 2 is 2.00 bits per heavy atom. The van der Waals surface area contributed by atoms with Gasteiger partial charge in [-0.15, -0.1) is 0 Å². The van der Waals surface area contributed by atoms with Gasteiger partial charge in [0.05, 0.1) is 36.5 Å². The highest BCUT2D eigenvalue weighted by atomic mass is 35.5. The molecule has 3 aromatic rings. The minimum atomic E-state index is 0.474. The molecule has 0 aliphatic carbocycles. The van der Waals surface area contributed by atoms with Crippen LogP contribution in [0.25, 0.3) is 16.9 Å². The van der Waals surface area contributed by atoms with E-state index < -0.39 is 0 Å². The Kier molecular flexibility index (Phi) is 3.63. The maximum atomic E-state index is 5.89. The molecule has 0 aromatic carbocycles. The second-order valence-electron chi connectivity index (χ2n) is 5.47. The predicted molar refractivity (Wildman–Crippen MR) is 89.0 cm³/mol. The number of halogens is 1. The van der Waals surface area contributed by atoms with Gasteiger partial charge in [-0.3, -0.25) is 0 Å². The van der Waals surface area contributed by atoms with Crippen LogP contribution in [0.4, 0.5) is 5.69 Å². The molecule has 0 unspecified atom stereocenters. The third-order valence-corrected chi connectivity index (χ3v) is 4.25. The third kappa shape index (κ3) is 2.54. The van der Waals surface area contributed by atoms with Gasteiger partial charge in [0, 0.05) is 24.8 Å². The fraction of sp³-hybridized carbons (Fsp3) is 0.312. The van der Waals surface area contributed by atoms with Gasteiger partial charge in [-0.2, -0.15) is 5.10 Å². The lowest BCUT2D eigenvalue weighted by Crippen LogP contribution is -2.36. The molecule has 1 aliphatic rings. The number of pyridine rings is 1. The molecule has 23 heavy (non-hydrogen) atoms. The summed E-state index contributed by atoms with van der Waals surface area (Å²) in [6.07, 6.45) is 3.56. The second kappa shape index (κ2) is 5.79. The Balaban J connectivity index is 1.87. The van der Waals surface area contributed by atoms with Crippen LogP contribution in [0.15, 0.2) is 30.6 Å². The molecule has 118 valence electrons. The van der Waals surface area contributed by atoms with E-state index in [1.165, 1.54) is 0 Å². The van der Waals surface area contributed by atoms with Crippen LogP contribution in [0.3, 0.4) is 0 Å². The van der Waals surface area contributed by atoms with Crippen LogP contribution in [0.5, 0.6) is 0 Å². The van der Waals surface area contributed by atoms with E-state index >= 15 is 0 Å². The molecule has 4 rings (SSSR count). The van der Waals surface area contributed by atoms with Crippen molar-refractivity contribution in [3.8, 4) is 11.3 Å². The zero-order valence-electron chi connectivity index (χ0n) is 12.7. The van der Waals surface area contributed by atoms with Gasteiger partial charge < -0.3 is 9.64 Å². The summed E-state index contributed by atoms with van der Waals surface area (Å²) >= 11 is 5.89. The van der Waals surface area contributed by atoms with E-state index in [-0.39, 0.29) is 0 Å². The Hall–Kier alpha value is -2.18. The first-order valence-corrected chi connectivity index (χ1v) is 7.91. The van der Waals surface area contributed by atoms with Crippen molar-refractivity contribution < 1.29 is 4.74 Å². The maximum absolute atomic E-state index is 5.89. The smallest absolute Gasteiger partial charge is 0.178 e. The number of anilines is 1. The first-order valence-electron chi connectivity index (χ1n) is 7.53. The lowest BCUT2D eigenvalue weighted by molar-refractivity contribution is 0.123. The Morgan fingerprint density at radius 3 is 2.74 bits per heavy atom. The van der Waals surface area contributed by atoms with Crippen LogP contribution in [-0.4, -0.2) is 45.9 Å². The average molecular weight is 330 g/mol. The van der Waals surface area contributed by atoms with E-state index in [4.69, 9.17) is 21.3 Å². The number of imidazole rings is 1. The summed E-state index contributed by atoms with van der Waals surface area (Å²) < 4.78 is 7.32. The zero-order valence-corrected chi connectivity index (χ0v) is 13.5. The molecule has 1 fully saturated rings. The van der Waals surface area contributed by atoms with Crippen LogP contribution in [0, 0.1) is 6.92 Å². The number of hydrogen-bond donors (Lipinski definition) is 0. The molecule has 0 bridgehead atoms. The quantitative estimate of drug-likeness (QED) is 0.676. The Labute approximate surface area is 138 Å².